The smallest absolute Gasteiger partial charge is 0.310 e. The van der Waals surface area contributed by atoms with Crippen molar-refractivity contribution in [3.63, 3.8) is 0 Å². The Morgan fingerprint density at radius 1 is 1.05 bits per heavy atom. The second kappa shape index (κ2) is 18.1. The molecule has 0 saturated heterocycles. The fraction of sp³-hybridized carbons (Fsp3) is 0.562. The van der Waals surface area contributed by atoms with Crippen LogP contribution in [0, 0.1) is 10.1 Å². The topological polar surface area (TPSA) is 69.4 Å². The van der Waals surface area contributed by atoms with Crippen molar-refractivity contribution in [1.29, 1.82) is 0 Å². The van der Waals surface area contributed by atoms with E-state index in [1.807, 2.05) is 41.5 Å². The molecule has 5 heteroatoms. The van der Waals surface area contributed by atoms with Crippen LogP contribution in [0.1, 0.15) is 54.0 Å². The summed E-state index contributed by atoms with van der Waals surface area (Å²) in [5.41, 5.74) is 0.724. The average molecular weight is 299 g/mol. The van der Waals surface area contributed by atoms with Crippen LogP contribution in [0.25, 0.3) is 0 Å². The third-order valence-electron chi connectivity index (χ3n) is 1.80. The third kappa shape index (κ3) is 12.9. The minimum Gasteiger partial charge on any atom is -0.466 e. The second-order valence-electron chi connectivity index (χ2n) is 2.91. The van der Waals surface area contributed by atoms with E-state index in [0.29, 0.717) is 12.2 Å². The monoisotopic (exact) mass is 299 g/mol. The Balaban J connectivity index is -0.000000478. The lowest BCUT2D eigenvalue weighted by Crippen LogP contribution is -2.07. The number of ether oxygens (including phenoxy) is 1. The zero-order chi connectivity index (χ0) is 17.3. The molecule has 0 fully saturated rings. The summed E-state index contributed by atoms with van der Waals surface area (Å²) in [6, 6.07) is 5.84. The minimum absolute atomic E-state index is 0.0163. The van der Waals surface area contributed by atoms with E-state index < -0.39 is 4.92 Å². The predicted molar refractivity (Wildman–Crippen MR) is 87.5 cm³/mol. The zero-order valence-electron chi connectivity index (χ0n) is 14.3. The van der Waals surface area contributed by atoms with E-state index in [-0.39, 0.29) is 18.1 Å². The summed E-state index contributed by atoms with van der Waals surface area (Å²) in [6.07, 6.45) is 0.145. The van der Waals surface area contributed by atoms with Gasteiger partial charge < -0.3 is 4.74 Å². The van der Waals surface area contributed by atoms with Gasteiger partial charge in [-0.15, -0.1) is 0 Å². The molecule has 0 N–H and O–H groups in total. The molecule has 0 amide bonds. The molecule has 21 heavy (non-hydrogen) atoms. The van der Waals surface area contributed by atoms with Gasteiger partial charge in [-0.25, -0.2) is 0 Å². The van der Waals surface area contributed by atoms with Gasteiger partial charge in [-0.05, 0) is 12.5 Å². The van der Waals surface area contributed by atoms with Crippen LogP contribution in [0.5, 0.6) is 0 Å². The Bertz CT molecular complexity index is 361. The SMILES string of the molecule is CC.CC.CC.CCOC(=O)Cc1ccc([N+](=O)[O-])cc1. The van der Waals surface area contributed by atoms with Crippen molar-refractivity contribution in [2.75, 3.05) is 6.61 Å². The number of hydrogen-bond donors (Lipinski definition) is 0. The largest absolute Gasteiger partial charge is 0.466 e. The van der Waals surface area contributed by atoms with E-state index in [2.05, 4.69) is 0 Å². The molecule has 0 aliphatic rings. The first-order chi connectivity index (χ1) is 10.1. The molecule has 0 bridgehead atoms. The van der Waals surface area contributed by atoms with E-state index in [1.165, 1.54) is 12.1 Å². The normalized spacial score (nSPS) is 7.76. The summed E-state index contributed by atoms with van der Waals surface area (Å²) < 4.78 is 4.75. The Morgan fingerprint density at radius 2 is 1.48 bits per heavy atom. The summed E-state index contributed by atoms with van der Waals surface area (Å²) in [5, 5.41) is 10.4. The van der Waals surface area contributed by atoms with Gasteiger partial charge in [0.05, 0.1) is 18.0 Å². The molecule has 0 spiro atoms. The van der Waals surface area contributed by atoms with Gasteiger partial charge in [-0.3, -0.25) is 14.9 Å². The molecule has 0 heterocycles. The van der Waals surface area contributed by atoms with E-state index in [4.69, 9.17) is 4.74 Å². The highest BCUT2D eigenvalue weighted by Gasteiger charge is 2.07. The van der Waals surface area contributed by atoms with Crippen LogP contribution < -0.4 is 0 Å². The van der Waals surface area contributed by atoms with Crippen LogP contribution in [0.3, 0.4) is 0 Å². The number of nitro groups is 1. The second-order valence-corrected chi connectivity index (χ2v) is 2.91. The van der Waals surface area contributed by atoms with Crippen molar-refractivity contribution < 1.29 is 14.5 Å². The first kappa shape index (κ1) is 24.1. The fourth-order valence-electron chi connectivity index (χ4n) is 1.11. The maximum absolute atomic E-state index is 11.1. The Morgan fingerprint density at radius 3 is 1.81 bits per heavy atom. The molecular formula is C16H29NO4. The lowest BCUT2D eigenvalue weighted by Gasteiger charge is -2.01. The summed E-state index contributed by atoms with van der Waals surface area (Å²) in [4.78, 5) is 20.9. The highest BCUT2D eigenvalue weighted by Crippen LogP contribution is 2.12. The Kier molecular flexibility index (Phi) is 20.8. The highest BCUT2D eigenvalue weighted by molar-refractivity contribution is 5.72. The molecule has 1 aromatic carbocycles. The van der Waals surface area contributed by atoms with Crippen LogP contribution in [-0.2, 0) is 16.0 Å². The van der Waals surface area contributed by atoms with Crippen molar-refractivity contribution >= 4 is 11.7 Å². The third-order valence-corrected chi connectivity index (χ3v) is 1.80. The van der Waals surface area contributed by atoms with Crippen molar-refractivity contribution in [1.82, 2.24) is 0 Å². The summed E-state index contributed by atoms with van der Waals surface area (Å²) in [7, 11) is 0. The molecule has 1 aromatic rings. The Hall–Kier alpha value is -1.91. The van der Waals surface area contributed by atoms with Crippen LogP contribution in [0.15, 0.2) is 24.3 Å². The number of benzene rings is 1. The molecule has 0 aliphatic carbocycles. The van der Waals surface area contributed by atoms with Crippen LogP contribution in [0.2, 0.25) is 0 Å². The number of rotatable bonds is 4. The standard InChI is InChI=1S/C10H11NO4.3C2H6/c1-2-15-10(12)7-8-3-5-9(6-4-8)11(13)14;3*1-2/h3-6H,2,7H2,1H3;3*1-2H3. The minimum atomic E-state index is -0.478. The van der Waals surface area contributed by atoms with E-state index in [0.717, 1.165) is 0 Å². The molecule has 5 nitrogen and oxygen atoms in total. The first-order valence-corrected chi connectivity index (χ1v) is 7.52. The number of carbonyl (C=O) groups excluding carboxylic acids is 1. The summed E-state index contributed by atoms with van der Waals surface area (Å²) in [5.74, 6) is -0.327. The van der Waals surface area contributed by atoms with Gasteiger partial charge in [0.25, 0.3) is 5.69 Å². The van der Waals surface area contributed by atoms with E-state index >= 15 is 0 Å². The number of carbonyl (C=O) groups is 1. The van der Waals surface area contributed by atoms with Gasteiger partial charge in [0, 0.05) is 12.1 Å². The average Bonchev–Trinajstić information content (AvgIpc) is 2.54. The predicted octanol–water partition coefficient (Wildman–Crippen LogP) is 4.78. The quantitative estimate of drug-likeness (QED) is 0.456. The lowest BCUT2D eigenvalue weighted by atomic mass is 10.1. The fourth-order valence-corrected chi connectivity index (χ4v) is 1.11. The van der Waals surface area contributed by atoms with Crippen LogP contribution in [0.4, 0.5) is 5.69 Å². The first-order valence-electron chi connectivity index (χ1n) is 7.52. The molecular weight excluding hydrogens is 270 g/mol. The van der Waals surface area contributed by atoms with Gasteiger partial charge in [0.2, 0.25) is 0 Å². The molecule has 1 rings (SSSR count). The van der Waals surface area contributed by atoms with Gasteiger partial charge in [-0.2, -0.15) is 0 Å². The zero-order valence-corrected chi connectivity index (χ0v) is 14.3. The van der Waals surface area contributed by atoms with Gasteiger partial charge in [0.1, 0.15) is 0 Å². The number of hydrogen-bond acceptors (Lipinski definition) is 4. The highest BCUT2D eigenvalue weighted by atomic mass is 16.6. The van der Waals surface area contributed by atoms with Crippen LogP contribution >= 0.6 is 0 Å². The lowest BCUT2D eigenvalue weighted by molar-refractivity contribution is -0.384. The number of non-ortho nitro benzene ring substituents is 1. The maximum atomic E-state index is 11.1. The van der Waals surface area contributed by atoms with Crippen molar-refractivity contribution in [2.24, 2.45) is 0 Å². The number of nitrogens with zero attached hydrogens (tertiary/aromatic N) is 1. The molecule has 0 saturated carbocycles. The van der Waals surface area contributed by atoms with Gasteiger partial charge in [0.15, 0.2) is 0 Å². The summed E-state index contributed by atoms with van der Waals surface area (Å²) in [6.45, 7) is 14.1. The molecule has 0 aromatic heterocycles. The molecule has 0 aliphatic heterocycles. The van der Waals surface area contributed by atoms with Crippen molar-refractivity contribution in [2.45, 2.75) is 54.9 Å². The molecule has 0 unspecified atom stereocenters. The number of esters is 1. The van der Waals surface area contributed by atoms with E-state index in [9.17, 15) is 14.9 Å². The van der Waals surface area contributed by atoms with Crippen molar-refractivity contribution in [3.8, 4) is 0 Å². The van der Waals surface area contributed by atoms with Gasteiger partial charge in [-0.1, -0.05) is 53.7 Å². The van der Waals surface area contributed by atoms with Crippen LogP contribution in [-0.4, -0.2) is 17.5 Å². The summed E-state index contributed by atoms with van der Waals surface area (Å²) >= 11 is 0. The van der Waals surface area contributed by atoms with Crippen molar-refractivity contribution in [3.05, 3.63) is 39.9 Å². The maximum Gasteiger partial charge on any atom is 0.310 e. The molecule has 0 atom stereocenters. The van der Waals surface area contributed by atoms with E-state index in [1.54, 1.807) is 19.1 Å². The molecule has 0 radical (unpaired) electrons. The Labute approximate surface area is 128 Å². The van der Waals surface area contributed by atoms with Gasteiger partial charge >= 0.3 is 5.97 Å². The number of nitro benzene ring substituents is 1. The molecule has 122 valence electrons.